The number of rotatable bonds is 5. The largest absolute Gasteiger partial charge is 0.349 e. The number of anilines is 1. The van der Waals surface area contributed by atoms with Crippen LogP contribution in [-0.4, -0.2) is 29.7 Å². The Kier molecular flexibility index (Phi) is 4.17. The molecule has 25 heavy (non-hydrogen) atoms. The van der Waals surface area contributed by atoms with Crippen LogP contribution in [0.3, 0.4) is 0 Å². The average molecular weight is 349 g/mol. The monoisotopic (exact) mass is 349 g/mol. The third-order valence-electron chi connectivity index (χ3n) is 3.66. The molecule has 8 heteroatoms. The zero-order valence-corrected chi connectivity index (χ0v) is 14.3. The molecule has 0 saturated carbocycles. The molecule has 0 aliphatic rings. The first-order valence-electron chi connectivity index (χ1n) is 7.71. The van der Waals surface area contributed by atoms with Gasteiger partial charge in [0.15, 0.2) is 0 Å². The molecule has 0 aliphatic carbocycles. The molecular formula is C17H15N7S. The van der Waals surface area contributed by atoms with Gasteiger partial charge < -0.3 is 5.32 Å². The standard InChI is InChI=1S/C17H15N7S/c1-24-12(5-9-21-24)10-20-17-19-8-6-14(23-17)16-22-15(11-25-16)13-4-2-3-7-18-13/h2-9,11H,10H2,1H3,(H,19,20,23). The fourth-order valence-electron chi connectivity index (χ4n) is 2.33. The lowest BCUT2D eigenvalue weighted by atomic mass is 10.3. The Labute approximate surface area is 148 Å². The van der Waals surface area contributed by atoms with Crippen LogP contribution in [0.2, 0.25) is 0 Å². The van der Waals surface area contributed by atoms with E-state index >= 15 is 0 Å². The fourth-order valence-corrected chi connectivity index (χ4v) is 3.11. The SMILES string of the molecule is Cn1nccc1CNc1nccc(-c2nc(-c3ccccn3)cs2)n1. The molecule has 124 valence electrons. The van der Waals surface area contributed by atoms with Gasteiger partial charge in [-0.3, -0.25) is 9.67 Å². The number of thiazole rings is 1. The van der Waals surface area contributed by atoms with Crippen molar-refractivity contribution in [2.45, 2.75) is 6.54 Å². The summed E-state index contributed by atoms with van der Waals surface area (Å²) in [5.74, 6) is 0.563. The van der Waals surface area contributed by atoms with Crippen molar-refractivity contribution in [2.75, 3.05) is 5.32 Å². The highest BCUT2D eigenvalue weighted by atomic mass is 32.1. The van der Waals surface area contributed by atoms with E-state index in [0.717, 1.165) is 27.8 Å². The van der Waals surface area contributed by atoms with Gasteiger partial charge in [-0.15, -0.1) is 11.3 Å². The minimum absolute atomic E-state index is 0.563. The second-order valence-corrected chi connectivity index (χ2v) is 6.18. The van der Waals surface area contributed by atoms with E-state index in [9.17, 15) is 0 Å². The van der Waals surface area contributed by atoms with E-state index < -0.39 is 0 Å². The lowest BCUT2D eigenvalue weighted by molar-refractivity contribution is 0.719. The van der Waals surface area contributed by atoms with Crippen molar-refractivity contribution in [1.29, 1.82) is 0 Å². The summed E-state index contributed by atoms with van der Waals surface area (Å²) in [5.41, 5.74) is 3.55. The van der Waals surface area contributed by atoms with Gasteiger partial charge in [-0.25, -0.2) is 15.0 Å². The quantitative estimate of drug-likeness (QED) is 0.596. The zero-order valence-electron chi connectivity index (χ0n) is 13.5. The summed E-state index contributed by atoms with van der Waals surface area (Å²) >= 11 is 1.54. The molecule has 4 aromatic rings. The summed E-state index contributed by atoms with van der Waals surface area (Å²) in [6.07, 6.45) is 5.26. The molecule has 0 bridgehead atoms. The number of nitrogens with one attached hydrogen (secondary N) is 1. The van der Waals surface area contributed by atoms with Crippen LogP contribution in [0.25, 0.3) is 22.1 Å². The molecule has 4 aromatic heterocycles. The number of aryl methyl sites for hydroxylation is 1. The van der Waals surface area contributed by atoms with E-state index in [-0.39, 0.29) is 0 Å². The minimum atomic E-state index is 0.563. The van der Waals surface area contributed by atoms with Crippen LogP contribution in [0.15, 0.2) is 54.3 Å². The Morgan fingerprint density at radius 1 is 0.960 bits per heavy atom. The first-order chi connectivity index (χ1) is 12.3. The maximum absolute atomic E-state index is 4.64. The van der Waals surface area contributed by atoms with Gasteiger partial charge in [0.2, 0.25) is 5.95 Å². The molecule has 0 aromatic carbocycles. The lowest BCUT2D eigenvalue weighted by Gasteiger charge is -2.05. The molecule has 0 atom stereocenters. The predicted molar refractivity (Wildman–Crippen MR) is 96.9 cm³/mol. The van der Waals surface area contributed by atoms with Crippen LogP contribution >= 0.6 is 11.3 Å². The van der Waals surface area contributed by atoms with E-state index in [2.05, 4.69) is 30.4 Å². The highest BCUT2D eigenvalue weighted by Gasteiger charge is 2.10. The Morgan fingerprint density at radius 2 is 1.92 bits per heavy atom. The highest BCUT2D eigenvalue weighted by Crippen LogP contribution is 2.26. The molecule has 0 amide bonds. The first kappa shape index (κ1) is 15.4. The molecular weight excluding hydrogens is 334 g/mol. The van der Waals surface area contributed by atoms with Gasteiger partial charge in [-0.2, -0.15) is 5.10 Å². The van der Waals surface area contributed by atoms with Gasteiger partial charge in [0.25, 0.3) is 0 Å². The molecule has 0 fully saturated rings. The van der Waals surface area contributed by atoms with E-state index in [0.29, 0.717) is 12.5 Å². The Hall–Kier alpha value is -3.13. The van der Waals surface area contributed by atoms with Crippen LogP contribution in [-0.2, 0) is 13.6 Å². The van der Waals surface area contributed by atoms with E-state index in [1.165, 1.54) is 0 Å². The molecule has 0 spiro atoms. The molecule has 1 N–H and O–H groups in total. The van der Waals surface area contributed by atoms with Gasteiger partial charge in [-0.05, 0) is 24.3 Å². The van der Waals surface area contributed by atoms with E-state index in [4.69, 9.17) is 0 Å². The van der Waals surface area contributed by atoms with E-state index in [1.54, 1.807) is 29.9 Å². The van der Waals surface area contributed by atoms with Crippen molar-refractivity contribution in [2.24, 2.45) is 7.05 Å². The van der Waals surface area contributed by atoms with Gasteiger partial charge in [0.05, 0.1) is 17.9 Å². The maximum Gasteiger partial charge on any atom is 0.223 e. The normalized spacial score (nSPS) is 10.8. The van der Waals surface area contributed by atoms with Crippen molar-refractivity contribution >= 4 is 17.3 Å². The summed E-state index contributed by atoms with van der Waals surface area (Å²) in [6, 6.07) is 9.60. The van der Waals surface area contributed by atoms with Crippen molar-refractivity contribution in [3.8, 4) is 22.1 Å². The van der Waals surface area contributed by atoms with Gasteiger partial charge in [-0.1, -0.05) is 6.07 Å². The predicted octanol–water partition coefficient (Wildman–Crippen LogP) is 3.01. The molecule has 4 rings (SSSR count). The molecule has 4 heterocycles. The van der Waals surface area contributed by atoms with Gasteiger partial charge >= 0.3 is 0 Å². The third-order valence-corrected chi connectivity index (χ3v) is 4.52. The summed E-state index contributed by atoms with van der Waals surface area (Å²) in [6.45, 7) is 0.608. The molecule has 0 unspecified atom stereocenters. The Morgan fingerprint density at radius 3 is 2.72 bits per heavy atom. The highest BCUT2D eigenvalue weighted by molar-refractivity contribution is 7.13. The zero-order chi connectivity index (χ0) is 17.1. The molecule has 7 nitrogen and oxygen atoms in total. The van der Waals surface area contributed by atoms with Crippen LogP contribution in [0.5, 0.6) is 0 Å². The second-order valence-electron chi connectivity index (χ2n) is 5.32. The van der Waals surface area contributed by atoms with Crippen LogP contribution in [0, 0.1) is 0 Å². The summed E-state index contributed by atoms with van der Waals surface area (Å²) in [4.78, 5) is 17.8. The van der Waals surface area contributed by atoms with Crippen LogP contribution < -0.4 is 5.32 Å². The van der Waals surface area contributed by atoms with Crippen molar-refractivity contribution in [3.63, 3.8) is 0 Å². The number of hydrogen-bond acceptors (Lipinski definition) is 7. The second kappa shape index (κ2) is 6.78. The lowest BCUT2D eigenvalue weighted by Crippen LogP contribution is -2.07. The van der Waals surface area contributed by atoms with Crippen LogP contribution in [0.1, 0.15) is 5.69 Å². The number of pyridine rings is 1. The molecule has 0 aliphatic heterocycles. The number of hydrogen-bond donors (Lipinski definition) is 1. The molecule has 0 radical (unpaired) electrons. The average Bonchev–Trinajstić information content (AvgIpc) is 3.30. The van der Waals surface area contributed by atoms with Crippen molar-refractivity contribution < 1.29 is 0 Å². The van der Waals surface area contributed by atoms with Crippen molar-refractivity contribution in [3.05, 3.63) is 60.0 Å². The Balaban J connectivity index is 1.53. The van der Waals surface area contributed by atoms with Crippen molar-refractivity contribution in [1.82, 2.24) is 29.7 Å². The third kappa shape index (κ3) is 3.38. The van der Waals surface area contributed by atoms with Gasteiger partial charge in [0, 0.05) is 31.0 Å². The smallest absolute Gasteiger partial charge is 0.223 e. The first-order valence-corrected chi connectivity index (χ1v) is 8.59. The fraction of sp³-hybridized carbons (Fsp3) is 0.118. The maximum atomic E-state index is 4.64. The summed E-state index contributed by atoms with van der Waals surface area (Å²) < 4.78 is 1.82. The molecule has 0 saturated heterocycles. The summed E-state index contributed by atoms with van der Waals surface area (Å²) in [7, 11) is 1.91. The van der Waals surface area contributed by atoms with E-state index in [1.807, 2.05) is 47.4 Å². The number of nitrogens with zero attached hydrogens (tertiary/aromatic N) is 6. The van der Waals surface area contributed by atoms with Gasteiger partial charge in [0.1, 0.15) is 16.4 Å². The van der Waals surface area contributed by atoms with Crippen LogP contribution in [0.4, 0.5) is 5.95 Å². The Bertz CT molecular complexity index is 977. The summed E-state index contributed by atoms with van der Waals surface area (Å²) in [5, 5.41) is 10.2. The topological polar surface area (TPSA) is 81.4 Å². The minimum Gasteiger partial charge on any atom is -0.349 e. The number of aromatic nitrogens is 6.